The van der Waals surface area contributed by atoms with Crippen molar-refractivity contribution in [3.05, 3.63) is 47.3 Å². The molecule has 0 unspecified atom stereocenters. The van der Waals surface area contributed by atoms with Gasteiger partial charge in [0.05, 0.1) is 13.2 Å². The lowest BCUT2D eigenvalue weighted by Crippen LogP contribution is -2.03. The molecule has 134 valence electrons. The van der Waals surface area contributed by atoms with E-state index in [2.05, 4.69) is 0 Å². The maximum Gasteiger partial charge on any atom is 0.129 e. The van der Waals surface area contributed by atoms with Crippen LogP contribution in [-0.2, 0) is 35.5 Å². The standard InChI is InChI=1S/C18H26O6/c19-9-1-3-15-5-7-17(23-15)13-21-11-12-22-14-18-8-6-16(24-18)4-2-10-20/h5-8,19-20H,1-4,9-14H2. The van der Waals surface area contributed by atoms with Crippen molar-refractivity contribution in [3.63, 3.8) is 0 Å². The van der Waals surface area contributed by atoms with Crippen molar-refractivity contribution in [2.75, 3.05) is 26.4 Å². The van der Waals surface area contributed by atoms with Gasteiger partial charge < -0.3 is 28.5 Å². The van der Waals surface area contributed by atoms with E-state index in [0.29, 0.717) is 39.3 Å². The number of aliphatic hydroxyl groups excluding tert-OH is 2. The van der Waals surface area contributed by atoms with Crippen LogP contribution in [0.5, 0.6) is 0 Å². The molecule has 0 amide bonds. The molecule has 0 aliphatic rings. The topological polar surface area (TPSA) is 85.2 Å². The molecule has 24 heavy (non-hydrogen) atoms. The average Bonchev–Trinajstić information content (AvgIpc) is 3.23. The Morgan fingerprint density at radius 2 is 1.08 bits per heavy atom. The molecule has 0 saturated heterocycles. The molecule has 6 heteroatoms. The van der Waals surface area contributed by atoms with Crippen molar-refractivity contribution >= 4 is 0 Å². The molecule has 2 N–H and O–H groups in total. The van der Waals surface area contributed by atoms with Crippen molar-refractivity contribution in [1.29, 1.82) is 0 Å². The van der Waals surface area contributed by atoms with Crippen LogP contribution in [0.4, 0.5) is 0 Å². The summed E-state index contributed by atoms with van der Waals surface area (Å²) in [5.74, 6) is 3.30. The quantitative estimate of drug-likeness (QED) is 0.546. The Hall–Kier alpha value is -1.60. The summed E-state index contributed by atoms with van der Waals surface area (Å²) in [6, 6.07) is 7.61. The Morgan fingerprint density at radius 1 is 0.667 bits per heavy atom. The van der Waals surface area contributed by atoms with Gasteiger partial charge in [0.2, 0.25) is 0 Å². The molecule has 0 atom stereocenters. The van der Waals surface area contributed by atoms with Crippen LogP contribution in [-0.4, -0.2) is 36.6 Å². The second kappa shape index (κ2) is 11.0. The maximum atomic E-state index is 8.78. The van der Waals surface area contributed by atoms with E-state index in [1.54, 1.807) is 0 Å². The van der Waals surface area contributed by atoms with Crippen LogP contribution < -0.4 is 0 Å². The summed E-state index contributed by atoms with van der Waals surface area (Å²) in [5.41, 5.74) is 0. The van der Waals surface area contributed by atoms with E-state index in [0.717, 1.165) is 35.9 Å². The highest BCUT2D eigenvalue weighted by Gasteiger charge is 2.04. The largest absolute Gasteiger partial charge is 0.464 e. The molecule has 0 aliphatic carbocycles. The van der Waals surface area contributed by atoms with Crippen LogP contribution in [0.25, 0.3) is 0 Å². The lowest BCUT2D eigenvalue weighted by atomic mass is 10.3. The van der Waals surface area contributed by atoms with Crippen LogP contribution in [0, 0.1) is 0 Å². The first kappa shape index (κ1) is 18.7. The lowest BCUT2D eigenvalue weighted by Gasteiger charge is -2.03. The molecule has 0 aliphatic heterocycles. The van der Waals surface area contributed by atoms with E-state index in [9.17, 15) is 0 Å². The van der Waals surface area contributed by atoms with E-state index < -0.39 is 0 Å². The van der Waals surface area contributed by atoms with Gasteiger partial charge in [-0.1, -0.05) is 0 Å². The van der Waals surface area contributed by atoms with E-state index in [-0.39, 0.29) is 13.2 Å². The number of aryl methyl sites for hydroxylation is 2. The Labute approximate surface area is 142 Å². The van der Waals surface area contributed by atoms with Crippen LogP contribution in [0.15, 0.2) is 33.1 Å². The number of hydrogen-bond donors (Lipinski definition) is 2. The number of hydrogen-bond acceptors (Lipinski definition) is 6. The van der Waals surface area contributed by atoms with Gasteiger partial charge in [-0.15, -0.1) is 0 Å². The van der Waals surface area contributed by atoms with Gasteiger partial charge in [-0.05, 0) is 37.1 Å². The van der Waals surface area contributed by atoms with Gasteiger partial charge in [0.25, 0.3) is 0 Å². The summed E-state index contributed by atoms with van der Waals surface area (Å²) < 4.78 is 22.2. The van der Waals surface area contributed by atoms with Crippen molar-refractivity contribution in [2.45, 2.75) is 38.9 Å². The molecule has 0 fully saturated rings. The Bertz CT molecular complexity index is 509. The van der Waals surface area contributed by atoms with Gasteiger partial charge in [-0.3, -0.25) is 0 Å². The summed E-state index contributed by atoms with van der Waals surface area (Å²) in [6.45, 7) is 2.11. The average molecular weight is 338 g/mol. The zero-order valence-corrected chi connectivity index (χ0v) is 13.9. The first-order chi connectivity index (χ1) is 11.8. The Morgan fingerprint density at radius 3 is 1.50 bits per heavy atom. The number of furan rings is 2. The zero-order valence-electron chi connectivity index (χ0n) is 13.9. The van der Waals surface area contributed by atoms with Crippen LogP contribution in [0.2, 0.25) is 0 Å². The predicted octanol–water partition coefficient (Wildman–Crippen LogP) is 2.46. The molecule has 2 aromatic rings. The van der Waals surface area contributed by atoms with Crippen LogP contribution in [0.1, 0.15) is 35.9 Å². The van der Waals surface area contributed by atoms with Gasteiger partial charge in [0, 0.05) is 26.1 Å². The van der Waals surface area contributed by atoms with Gasteiger partial charge in [-0.2, -0.15) is 0 Å². The third-order valence-electron chi connectivity index (χ3n) is 3.46. The second-order valence-electron chi connectivity index (χ2n) is 5.50. The molecular formula is C18H26O6. The molecule has 0 bridgehead atoms. The maximum absolute atomic E-state index is 8.78. The molecule has 0 saturated carbocycles. The van der Waals surface area contributed by atoms with Gasteiger partial charge in [-0.25, -0.2) is 0 Å². The highest BCUT2D eigenvalue weighted by molar-refractivity contribution is 5.07. The minimum atomic E-state index is 0.169. The molecule has 2 rings (SSSR count). The summed E-state index contributed by atoms with van der Waals surface area (Å²) in [4.78, 5) is 0. The fourth-order valence-corrected chi connectivity index (χ4v) is 2.24. The minimum Gasteiger partial charge on any atom is -0.464 e. The van der Waals surface area contributed by atoms with Gasteiger partial charge in [0.15, 0.2) is 0 Å². The summed E-state index contributed by atoms with van der Waals surface area (Å²) in [6.07, 6.45) is 2.89. The first-order valence-corrected chi connectivity index (χ1v) is 8.34. The fraction of sp³-hybridized carbons (Fsp3) is 0.556. The van der Waals surface area contributed by atoms with Crippen molar-refractivity contribution < 1.29 is 28.5 Å². The van der Waals surface area contributed by atoms with Gasteiger partial charge >= 0.3 is 0 Å². The van der Waals surface area contributed by atoms with Gasteiger partial charge in [0.1, 0.15) is 36.3 Å². The third kappa shape index (κ3) is 6.88. The fourth-order valence-electron chi connectivity index (χ4n) is 2.24. The summed E-state index contributed by atoms with van der Waals surface area (Å²) >= 11 is 0. The SMILES string of the molecule is OCCCc1ccc(COCCOCc2ccc(CCCO)o2)o1. The van der Waals surface area contributed by atoms with E-state index in [1.165, 1.54) is 0 Å². The minimum absolute atomic E-state index is 0.169. The van der Waals surface area contributed by atoms with Crippen LogP contribution in [0.3, 0.4) is 0 Å². The predicted molar refractivity (Wildman–Crippen MR) is 87.5 cm³/mol. The third-order valence-corrected chi connectivity index (χ3v) is 3.46. The highest BCUT2D eigenvalue weighted by atomic mass is 16.5. The smallest absolute Gasteiger partial charge is 0.129 e. The number of rotatable bonds is 13. The molecule has 0 radical (unpaired) electrons. The first-order valence-electron chi connectivity index (χ1n) is 8.34. The van der Waals surface area contributed by atoms with Crippen molar-refractivity contribution in [3.8, 4) is 0 Å². The zero-order chi connectivity index (χ0) is 17.0. The van der Waals surface area contributed by atoms with Crippen LogP contribution >= 0.6 is 0 Å². The normalized spacial score (nSPS) is 11.2. The summed E-state index contributed by atoms with van der Waals surface area (Å²) in [5, 5.41) is 17.6. The second-order valence-corrected chi connectivity index (χ2v) is 5.50. The summed E-state index contributed by atoms with van der Waals surface area (Å²) in [7, 11) is 0. The Kier molecular flexibility index (Phi) is 8.62. The lowest BCUT2D eigenvalue weighted by molar-refractivity contribution is 0.0231. The molecule has 2 aromatic heterocycles. The molecular weight excluding hydrogens is 312 g/mol. The highest BCUT2D eigenvalue weighted by Crippen LogP contribution is 2.12. The van der Waals surface area contributed by atoms with E-state index >= 15 is 0 Å². The molecule has 2 heterocycles. The van der Waals surface area contributed by atoms with E-state index in [1.807, 2.05) is 24.3 Å². The van der Waals surface area contributed by atoms with E-state index in [4.69, 9.17) is 28.5 Å². The van der Waals surface area contributed by atoms with Crippen molar-refractivity contribution in [2.24, 2.45) is 0 Å². The molecule has 6 nitrogen and oxygen atoms in total. The molecule has 0 spiro atoms. The number of ether oxygens (including phenoxy) is 2. The monoisotopic (exact) mass is 338 g/mol. The molecule has 0 aromatic carbocycles. The number of aliphatic hydroxyl groups is 2. The van der Waals surface area contributed by atoms with Crippen molar-refractivity contribution in [1.82, 2.24) is 0 Å². The Balaban J connectivity index is 1.53.